The van der Waals surface area contributed by atoms with E-state index in [0.29, 0.717) is 6.54 Å². The van der Waals surface area contributed by atoms with Crippen LogP contribution in [0.15, 0.2) is 6.20 Å². The highest BCUT2D eigenvalue weighted by atomic mass is 32.2. The Kier molecular flexibility index (Phi) is 4.70. The molecular formula is C11H21N3O2S. The Labute approximate surface area is 103 Å². The summed E-state index contributed by atoms with van der Waals surface area (Å²) in [6.07, 6.45) is 1.95. The first kappa shape index (κ1) is 14.2. The average molecular weight is 259 g/mol. The monoisotopic (exact) mass is 259 g/mol. The molecule has 1 rings (SSSR count). The predicted octanol–water partition coefficient (Wildman–Crippen LogP) is 0.641. The van der Waals surface area contributed by atoms with Crippen LogP contribution in [0.2, 0.25) is 0 Å². The maximum Gasteiger partial charge on any atom is 0.151 e. The molecule has 0 radical (unpaired) electrons. The Morgan fingerprint density at radius 2 is 2.18 bits per heavy atom. The van der Waals surface area contributed by atoms with Gasteiger partial charge in [0, 0.05) is 37.1 Å². The van der Waals surface area contributed by atoms with Crippen molar-refractivity contribution < 1.29 is 8.42 Å². The lowest BCUT2D eigenvalue weighted by molar-refractivity contribution is 0.556. The number of aromatic nitrogens is 2. The molecule has 0 saturated heterocycles. The van der Waals surface area contributed by atoms with Crippen molar-refractivity contribution in [3.05, 3.63) is 17.5 Å². The molecule has 0 fully saturated rings. The second kappa shape index (κ2) is 5.64. The Balaban J connectivity index is 2.49. The maximum absolute atomic E-state index is 11.4. The fraction of sp³-hybridized carbons (Fsp3) is 0.727. The zero-order valence-electron chi connectivity index (χ0n) is 10.9. The van der Waals surface area contributed by atoms with Crippen molar-refractivity contribution >= 4 is 9.84 Å². The lowest BCUT2D eigenvalue weighted by atomic mass is 10.2. The highest BCUT2D eigenvalue weighted by molar-refractivity contribution is 7.91. The zero-order valence-corrected chi connectivity index (χ0v) is 11.7. The normalized spacial score (nSPS) is 13.9. The second-order valence-corrected chi connectivity index (χ2v) is 6.79. The van der Waals surface area contributed by atoms with Crippen LogP contribution in [0.1, 0.15) is 25.1 Å². The number of hydrogen-bond donors (Lipinski definition) is 1. The van der Waals surface area contributed by atoms with Crippen molar-refractivity contribution in [1.82, 2.24) is 15.1 Å². The Hall–Kier alpha value is -0.880. The maximum atomic E-state index is 11.4. The largest absolute Gasteiger partial charge is 0.309 e. The fourth-order valence-corrected chi connectivity index (χ4v) is 2.78. The van der Waals surface area contributed by atoms with Gasteiger partial charge in [-0.2, -0.15) is 5.10 Å². The minimum Gasteiger partial charge on any atom is -0.309 e. The van der Waals surface area contributed by atoms with Gasteiger partial charge in [0.05, 0.1) is 11.4 Å². The van der Waals surface area contributed by atoms with Gasteiger partial charge in [-0.1, -0.05) is 6.92 Å². The smallest absolute Gasteiger partial charge is 0.151 e. The molecule has 0 aliphatic carbocycles. The molecule has 0 amide bonds. The lowest BCUT2D eigenvalue weighted by Gasteiger charge is -2.12. The third-order valence-electron chi connectivity index (χ3n) is 2.70. The quantitative estimate of drug-likeness (QED) is 0.814. The van der Waals surface area contributed by atoms with Gasteiger partial charge in [0.15, 0.2) is 9.84 Å². The Bertz CT molecular complexity index is 465. The molecule has 0 spiro atoms. The van der Waals surface area contributed by atoms with Gasteiger partial charge in [0.1, 0.15) is 0 Å². The minimum absolute atomic E-state index is 0.0421. The van der Waals surface area contributed by atoms with Gasteiger partial charge in [-0.05, 0) is 13.8 Å². The van der Waals surface area contributed by atoms with E-state index >= 15 is 0 Å². The SMILES string of the molecule is CCS(=O)(=O)CC(C)NCc1cn(C)nc1C. The van der Waals surface area contributed by atoms with Gasteiger partial charge in [-0.3, -0.25) is 4.68 Å². The van der Waals surface area contributed by atoms with E-state index in [4.69, 9.17) is 0 Å². The topological polar surface area (TPSA) is 64.0 Å². The van der Waals surface area contributed by atoms with Crippen molar-refractivity contribution in [2.24, 2.45) is 7.05 Å². The molecule has 1 unspecified atom stereocenters. The summed E-state index contributed by atoms with van der Waals surface area (Å²) in [6.45, 7) is 6.16. The van der Waals surface area contributed by atoms with Crippen LogP contribution in [-0.4, -0.2) is 35.7 Å². The summed E-state index contributed by atoms with van der Waals surface area (Å²) in [5.41, 5.74) is 2.08. The van der Waals surface area contributed by atoms with Gasteiger partial charge in [-0.25, -0.2) is 8.42 Å². The van der Waals surface area contributed by atoms with Crippen molar-refractivity contribution in [2.75, 3.05) is 11.5 Å². The average Bonchev–Trinajstić information content (AvgIpc) is 2.54. The number of aryl methyl sites for hydroxylation is 2. The fourth-order valence-electron chi connectivity index (χ4n) is 1.66. The van der Waals surface area contributed by atoms with E-state index < -0.39 is 9.84 Å². The van der Waals surface area contributed by atoms with Gasteiger partial charge in [0.2, 0.25) is 0 Å². The van der Waals surface area contributed by atoms with E-state index in [2.05, 4.69) is 10.4 Å². The van der Waals surface area contributed by atoms with E-state index in [1.165, 1.54) is 0 Å². The van der Waals surface area contributed by atoms with Crippen molar-refractivity contribution in [1.29, 1.82) is 0 Å². The first-order chi connectivity index (χ1) is 7.84. The Morgan fingerprint density at radius 1 is 1.53 bits per heavy atom. The first-order valence-electron chi connectivity index (χ1n) is 5.77. The molecule has 0 aliphatic rings. The van der Waals surface area contributed by atoms with Gasteiger partial charge in [0.25, 0.3) is 0 Å². The summed E-state index contributed by atoms with van der Waals surface area (Å²) in [5, 5.41) is 7.45. The molecule has 1 aromatic rings. The number of sulfone groups is 1. The number of hydrogen-bond acceptors (Lipinski definition) is 4. The third-order valence-corrected chi connectivity index (χ3v) is 4.59. The second-order valence-electron chi connectivity index (χ2n) is 4.39. The molecule has 17 heavy (non-hydrogen) atoms. The van der Waals surface area contributed by atoms with Crippen LogP contribution in [-0.2, 0) is 23.4 Å². The molecular weight excluding hydrogens is 238 g/mol. The zero-order chi connectivity index (χ0) is 13.1. The van der Waals surface area contributed by atoms with Crippen molar-refractivity contribution in [3.63, 3.8) is 0 Å². The van der Waals surface area contributed by atoms with Crippen molar-refractivity contribution in [3.8, 4) is 0 Å². The van der Waals surface area contributed by atoms with Gasteiger partial charge < -0.3 is 5.32 Å². The summed E-state index contributed by atoms with van der Waals surface area (Å²) >= 11 is 0. The van der Waals surface area contributed by atoms with Gasteiger partial charge >= 0.3 is 0 Å². The third kappa shape index (κ3) is 4.47. The molecule has 6 heteroatoms. The van der Waals surface area contributed by atoms with E-state index in [-0.39, 0.29) is 17.5 Å². The van der Waals surface area contributed by atoms with Crippen LogP contribution in [0.3, 0.4) is 0 Å². The van der Waals surface area contributed by atoms with E-state index in [1.807, 2.05) is 27.1 Å². The number of rotatable bonds is 6. The molecule has 0 aromatic carbocycles. The van der Waals surface area contributed by atoms with Crippen molar-refractivity contribution in [2.45, 2.75) is 33.4 Å². The minimum atomic E-state index is -2.91. The molecule has 1 aromatic heterocycles. The highest BCUT2D eigenvalue weighted by Crippen LogP contribution is 2.04. The lowest BCUT2D eigenvalue weighted by Crippen LogP contribution is -2.33. The summed E-state index contributed by atoms with van der Waals surface area (Å²) in [6, 6.07) is -0.0421. The van der Waals surface area contributed by atoms with Gasteiger partial charge in [-0.15, -0.1) is 0 Å². The summed E-state index contributed by atoms with van der Waals surface area (Å²) < 4.78 is 24.6. The summed E-state index contributed by atoms with van der Waals surface area (Å²) in [5.74, 6) is 0.383. The number of nitrogens with one attached hydrogen (secondary N) is 1. The first-order valence-corrected chi connectivity index (χ1v) is 7.59. The number of nitrogens with zero attached hydrogens (tertiary/aromatic N) is 2. The molecule has 0 bridgehead atoms. The van der Waals surface area contributed by atoms with E-state index in [9.17, 15) is 8.42 Å². The molecule has 1 heterocycles. The van der Waals surface area contributed by atoms with E-state index in [0.717, 1.165) is 11.3 Å². The molecule has 5 nitrogen and oxygen atoms in total. The summed E-state index contributed by atoms with van der Waals surface area (Å²) in [4.78, 5) is 0. The molecule has 1 atom stereocenters. The molecule has 0 saturated carbocycles. The molecule has 1 N–H and O–H groups in total. The highest BCUT2D eigenvalue weighted by Gasteiger charge is 2.13. The van der Waals surface area contributed by atoms with Crippen LogP contribution in [0.4, 0.5) is 0 Å². The van der Waals surface area contributed by atoms with Crippen LogP contribution >= 0.6 is 0 Å². The summed E-state index contributed by atoms with van der Waals surface area (Å²) in [7, 11) is -1.03. The molecule has 98 valence electrons. The van der Waals surface area contributed by atoms with Crippen LogP contribution in [0.25, 0.3) is 0 Å². The molecule has 0 aliphatic heterocycles. The predicted molar refractivity (Wildman–Crippen MR) is 68.6 cm³/mol. The van der Waals surface area contributed by atoms with Crippen LogP contribution < -0.4 is 5.32 Å². The van der Waals surface area contributed by atoms with E-state index in [1.54, 1.807) is 11.6 Å². The van der Waals surface area contributed by atoms with Crippen LogP contribution in [0.5, 0.6) is 0 Å². The standard InChI is InChI=1S/C11H21N3O2S/c1-5-17(15,16)8-9(2)12-6-11-7-14(4)13-10(11)3/h7,9,12H,5-6,8H2,1-4H3. The van der Waals surface area contributed by atoms with Crippen LogP contribution in [0, 0.1) is 6.92 Å². The Morgan fingerprint density at radius 3 is 2.65 bits per heavy atom.